The average Bonchev–Trinajstić information content (AvgIpc) is 2.58. The molecule has 0 heterocycles. The van der Waals surface area contributed by atoms with E-state index in [1.807, 2.05) is 0 Å². The lowest BCUT2D eigenvalue weighted by Gasteiger charge is -2.43. The number of hydrogen-bond acceptors (Lipinski definition) is 2. The quantitative estimate of drug-likeness (QED) is 0.216. The zero-order valence-electron chi connectivity index (χ0n) is 15.5. The van der Waals surface area contributed by atoms with Crippen LogP contribution in [0.4, 0.5) is 83.4 Å². The standard InChI is InChI=1S/C12H7F19O3S/c13-4(14,2-1-3-5(15,16)17)6(18,19)7(20,21)8(22,23)9(24,25)10(26,27)11(28,29)12(30,31)35(32,33)34/h1-3H2,(H,32,33,34). The van der Waals surface area contributed by atoms with E-state index >= 15 is 0 Å². The van der Waals surface area contributed by atoms with Crippen molar-refractivity contribution in [2.45, 2.75) is 72.2 Å². The van der Waals surface area contributed by atoms with Crippen molar-refractivity contribution in [2.75, 3.05) is 0 Å². The molecule has 0 aromatic heterocycles. The minimum absolute atomic E-state index is 2.28. The Balaban J connectivity index is 6.69. The van der Waals surface area contributed by atoms with E-state index in [1.165, 1.54) is 0 Å². The van der Waals surface area contributed by atoms with Crippen molar-refractivity contribution in [3.8, 4) is 0 Å². The van der Waals surface area contributed by atoms with Gasteiger partial charge in [0.2, 0.25) is 0 Å². The van der Waals surface area contributed by atoms with Gasteiger partial charge in [0.15, 0.2) is 0 Å². The topological polar surface area (TPSA) is 54.4 Å². The Labute approximate surface area is 180 Å². The van der Waals surface area contributed by atoms with Crippen LogP contribution in [0.3, 0.4) is 0 Å². The zero-order valence-corrected chi connectivity index (χ0v) is 16.3. The highest BCUT2D eigenvalue weighted by Gasteiger charge is 2.95. The van der Waals surface area contributed by atoms with Crippen molar-refractivity contribution in [3.63, 3.8) is 0 Å². The Morgan fingerprint density at radius 1 is 0.457 bits per heavy atom. The molecule has 0 unspecified atom stereocenters. The lowest BCUT2D eigenvalue weighted by atomic mass is 9.88. The Kier molecular flexibility index (Phi) is 8.22. The lowest BCUT2D eigenvalue weighted by molar-refractivity contribution is -0.449. The van der Waals surface area contributed by atoms with Crippen LogP contribution in [-0.2, 0) is 10.1 Å². The summed E-state index contributed by atoms with van der Waals surface area (Å²) in [5, 5.41) is -7.89. The highest BCUT2D eigenvalue weighted by atomic mass is 32.2. The maximum atomic E-state index is 13.5. The summed E-state index contributed by atoms with van der Waals surface area (Å²) < 4.78 is 276. The minimum atomic E-state index is -8.92. The summed E-state index contributed by atoms with van der Waals surface area (Å²) in [6.07, 6.45) is -13.4. The zero-order chi connectivity index (χ0) is 29.1. The molecule has 0 atom stereocenters. The summed E-state index contributed by atoms with van der Waals surface area (Å²) in [4.78, 5) is 0. The van der Waals surface area contributed by atoms with Gasteiger partial charge in [-0.15, -0.1) is 0 Å². The first kappa shape index (κ1) is 33.6. The second-order valence-corrected chi connectivity index (χ2v) is 8.07. The molecule has 0 aliphatic carbocycles. The number of halogens is 19. The van der Waals surface area contributed by atoms with Crippen LogP contribution in [0.5, 0.6) is 0 Å². The van der Waals surface area contributed by atoms with Crippen LogP contribution >= 0.6 is 0 Å². The van der Waals surface area contributed by atoms with Gasteiger partial charge in [-0.05, 0) is 6.42 Å². The molecule has 0 amide bonds. The molecule has 0 aromatic carbocycles. The van der Waals surface area contributed by atoms with Gasteiger partial charge in [-0.3, -0.25) is 4.55 Å². The number of rotatable bonds is 11. The van der Waals surface area contributed by atoms with E-state index in [1.54, 1.807) is 0 Å². The molecule has 23 heteroatoms. The third kappa shape index (κ3) is 4.93. The second-order valence-electron chi connectivity index (χ2n) is 6.61. The monoisotopic (exact) mass is 592 g/mol. The van der Waals surface area contributed by atoms with E-state index in [4.69, 9.17) is 4.55 Å². The fraction of sp³-hybridized carbons (Fsp3) is 1.00. The van der Waals surface area contributed by atoms with Crippen molar-refractivity contribution in [1.82, 2.24) is 0 Å². The molecule has 35 heavy (non-hydrogen) atoms. The van der Waals surface area contributed by atoms with Gasteiger partial charge in [-0.1, -0.05) is 0 Å². The predicted octanol–water partition coefficient (Wildman–Crippen LogP) is 6.65. The maximum Gasteiger partial charge on any atom is 0.438 e. The minimum Gasteiger partial charge on any atom is -0.281 e. The highest BCUT2D eigenvalue weighted by molar-refractivity contribution is 7.87. The van der Waals surface area contributed by atoms with Crippen LogP contribution in [0.1, 0.15) is 19.3 Å². The molecule has 1 N–H and O–H groups in total. The third-order valence-corrected chi connectivity index (χ3v) is 4.98. The summed E-state index contributed by atoms with van der Waals surface area (Å²) in [5.41, 5.74) is 0. The van der Waals surface area contributed by atoms with Crippen LogP contribution in [0, 0.1) is 0 Å². The van der Waals surface area contributed by atoms with E-state index in [0.717, 1.165) is 0 Å². The van der Waals surface area contributed by atoms with Gasteiger partial charge in [-0.2, -0.15) is 91.8 Å². The van der Waals surface area contributed by atoms with Crippen molar-refractivity contribution < 1.29 is 96.4 Å². The van der Waals surface area contributed by atoms with E-state index in [2.05, 4.69) is 0 Å². The lowest BCUT2D eigenvalue weighted by Crippen LogP contribution is -2.75. The second kappa shape index (κ2) is 8.57. The fourth-order valence-electron chi connectivity index (χ4n) is 2.03. The van der Waals surface area contributed by atoms with Gasteiger partial charge in [0.05, 0.1) is 0 Å². The molecule has 0 rings (SSSR count). The van der Waals surface area contributed by atoms with Gasteiger partial charge >= 0.3 is 63.0 Å². The summed E-state index contributed by atoms with van der Waals surface area (Å²) in [5.74, 6) is -58.6. The van der Waals surface area contributed by atoms with Gasteiger partial charge in [0, 0.05) is 12.8 Å². The first-order valence-corrected chi connectivity index (χ1v) is 9.21. The van der Waals surface area contributed by atoms with Crippen LogP contribution in [0.2, 0.25) is 0 Å². The Morgan fingerprint density at radius 2 is 0.743 bits per heavy atom. The predicted molar refractivity (Wildman–Crippen MR) is 71.0 cm³/mol. The van der Waals surface area contributed by atoms with E-state index in [-0.39, 0.29) is 0 Å². The van der Waals surface area contributed by atoms with Gasteiger partial charge in [-0.25, -0.2) is 0 Å². The molecule has 0 aliphatic rings. The Hall–Kier alpha value is -1.42. The molecule has 0 bridgehead atoms. The SMILES string of the molecule is O=S(=O)(O)C(F)(F)C(F)(F)C(F)(F)C(F)(F)C(F)(F)C(F)(F)C(F)(F)C(F)(F)CCCC(F)(F)F. The van der Waals surface area contributed by atoms with Crippen LogP contribution in [0.15, 0.2) is 0 Å². The number of hydrogen-bond donors (Lipinski definition) is 1. The number of alkyl halides is 19. The molecule has 212 valence electrons. The highest BCUT2D eigenvalue weighted by Crippen LogP contribution is 2.64. The largest absolute Gasteiger partial charge is 0.438 e. The summed E-state index contributed by atoms with van der Waals surface area (Å²) in [6.45, 7) is 0. The van der Waals surface area contributed by atoms with E-state index in [0.29, 0.717) is 0 Å². The van der Waals surface area contributed by atoms with Gasteiger partial charge in [0.1, 0.15) is 0 Å². The van der Waals surface area contributed by atoms with Crippen molar-refractivity contribution in [2.24, 2.45) is 0 Å². The molecule has 0 saturated carbocycles. The Bertz CT molecular complexity index is 872. The molecule has 0 saturated heterocycles. The molecule has 0 aliphatic heterocycles. The molecular formula is C12H7F19O3S. The van der Waals surface area contributed by atoms with Crippen LogP contribution in [0.25, 0.3) is 0 Å². The normalized spacial score (nSPS) is 16.6. The van der Waals surface area contributed by atoms with Crippen LogP contribution < -0.4 is 0 Å². The maximum absolute atomic E-state index is 13.5. The summed E-state index contributed by atoms with van der Waals surface area (Å²) in [6, 6.07) is 0. The molecule has 0 radical (unpaired) electrons. The first-order chi connectivity index (χ1) is 14.7. The molecular weight excluding hydrogens is 585 g/mol. The third-order valence-electron chi connectivity index (χ3n) is 4.07. The van der Waals surface area contributed by atoms with Crippen molar-refractivity contribution in [1.29, 1.82) is 0 Å². The summed E-state index contributed by atoms with van der Waals surface area (Å²) >= 11 is 0. The van der Waals surface area contributed by atoms with Crippen molar-refractivity contribution in [3.05, 3.63) is 0 Å². The van der Waals surface area contributed by atoms with E-state index < -0.39 is 82.3 Å². The average molecular weight is 592 g/mol. The van der Waals surface area contributed by atoms with Gasteiger partial charge in [0.25, 0.3) is 0 Å². The summed E-state index contributed by atoms with van der Waals surface area (Å²) in [7, 11) is -7.95. The molecule has 3 nitrogen and oxygen atoms in total. The Morgan fingerprint density at radius 3 is 1.03 bits per heavy atom. The molecule has 0 fully saturated rings. The first-order valence-electron chi connectivity index (χ1n) is 7.77. The van der Waals surface area contributed by atoms with E-state index in [9.17, 15) is 91.8 Å². The smallest absolute Gasteiger partial charge is 0.281 e. The van der Waals surface area contributed by atoms with Gasteiger partial charge < -0.3 is 0 Å². The van der Waals surface area contributed by atoms with Crippen molar-refractivity contribution >= 4 is 10.1 Å². The van der Waals surface area contributed by atoms with Crippen LogP contribution in [-0.4, -0.2) is 65.9 Å². The molecule has 0 spiro atoms. The fourth-order valence-corrected chi connectivity index (χ4v) is 2.48. The molecule has 0 aromatic rings.